The van der Waals surface area contributed by atoms with Gasteiger partial charge in [0.05, 0.1) is 36.1 Å². The molecule has 1 aromatic heterocycles. The summed E-state index contributed by atoms with van der Waals surface area (Å²) in [4.78, 5) is 4.21. The summed E-state index contributed by atoms with van der Waals surface area (Å²) in [6.45, 7) is 4.51. The Hall–Kier alpha value is -1.65. The average Bonchev–Trinajstić information content (AvgIpc) is 2.78. The quantitative estimate of drug-likeness (QED) is 0.898. The molecule has 0 saturated heterocycles. The molecule has 0 aliphatic heterocycles. The van der Waals surface area contributed by atoms with E-state index in [0.717, 1.165) is 16.9 Å². The van der Waals surface area contributed by atoms with E-state index < -0.39 is 5.54 Å². The molecule has 0 fully saturated rings. The fourth-order valence-corrected chi connectivity index (χ4v) is 1.99. The van der Waals surface area contributed by atoms with Gasteiger partial charge in [-0.05, 0) is 19.9 Å². The second-order valence-electron chi connectivity index (χ2n) is 4.93. The van der Waals surface area contributed by atoms with Gasteiger partial charge in [0.15, 0.2) is 0 Å². The van der Waals surface area contributed by atoms with Gasteiger partial charge in [0.1, 0.15) is 0 Å². The molecule has 4 heteroatoms. The van der Waals surface area contributed by atoms with Gasteiger partial charge in [0.25, 0.3) is 0 Å². The lowest BCUT2D eigenvalue weighted by molar-refractivity contribution is 0.184. The Kier molecular flexibility index (Phi) is 3.50. The summed E-state index contributed by atoms with van der Waals surface area (Å²) >= 11 is 0. The predicted octanol–water partition coefficient (Wildman–Crippen LogP) is 2.21. The summed E-state index contributed by atoms with van der Waals surface area (Å²) in [7, 11) is 1.69. The predicted molar refractivity (Wildman–Crippen MR) is 71.5 cm³/mol. The number of aromatic nitrogens is 2. The Morgan fingerprint density at radius 3 is 2.72 bits per heavy atom. The molecule has 2 aromatic rings. The van der Waals surface area contributed by atoms with E-state index in [1.54, 1.807) is 13.4 Å². The van der Waals surface area contributed by atoms with Crippen molar-refractivity contribution in [1.82, 2.24) is 9.55 Å². The van der Waals surface area contributed by atoms with Crippen molar-refractivity contribution in [2.24, 2.45) is 5.73 Å². The largest absolute Gasteiger partial charge is 0.380 e. The highest BCUT2D eigenvalue weighted by molar-refractivity contribution is 5.42. The van der Waals surface area contributed by atoms with Crippen molar-refractivity contribution in [1.29, 1.82) is 0 Å². The van der Waals surface area contributed by atoms with Crippen LogP contribution in [0.3, 0.4) is 0 Å². The Morgan fingerprint density at radius 2 is 2.06 bits per heavy atom. The molecule has 18 heavy (non-hydrogen) atoms. The zero-order chi connectivity index (χ0) is 13.2. The average molecular weight is 245 g/mol. The maximum Gasteiger partial charge on any atom is 0.0994 e. The van der Waals surface area contributed by atoms with Gasteiger partial charge in [-0.25, -0.2) is 4.98 Å². The fraction of sp³-hybridized carbons (Fsp3) is 0.357. The molecule has 2 N–H and O–H groups in total. The summed E-state index contributed by atoms with van der Waals surface area (Å²) in [6, 6.07) is 8.10. The molecule has 1 heterocycles. The Bertz CT molecular complexity index is 526. The third kappa shape index (κ3) is 2.44. The molecular weight excluding hydrogens is 226 g/mol. The second kappa shape index (κ2) is 4.92. The van der Waals surface area contributed by atoms with Gasteiger partial charge in [0, 0.05) is 12.7 Å². The minimum absolute atomic E-state index is 0.434. The molecular formula is C14H19N3O. The van der Waals surface area contributed by atoms with Crippen LogP contribution in [0.25, 0.3) is 5.69 Å². The third-order valence-electron chi connectivity index (χ3n) is 2.85. The van der Waals surface area contributed by atoms with E-state index in [4.69, 9.17) is 10.5 Å². The monoisotopic (exact) mass is 245 g/mol. The summed E-state index contributed by atoms with van der Waals surface area (Å²) in [5, 5.41) is 0. The van der Waals surface area contributed by atoms with Crippen molar-refractivity contribution in [2.45, 2.75) is 26.0 Å². The lowest BCUT2D eigenvalue weighted by Crippen LogP contribution is -2.31. The van der Waals surface area contributed by atoms with E-state index in [-0.39, 0.29) is 0 Å². The molecule has 0 saturated carbocycles. The Labute approximate surface area is 107 Å². The van der Waals surface area contributed by atoms with E-state index in [1.165, 1.54) is 0 Å². The minimum atomic E-state index is -0.434. The highest BCUT2D eigenvalue weighted by Gasteiger charge is 2.20. The lowest BCUT2D eigenvalue weighted by Gasteiger charge is -2.22. The van der Waals surface area contributed by atoms with Crippen LogP contribution in [-0.2, 0) is 16.9 Å². The van der Waals surface area contributed by atoms with Crippen molar-refractivity contribution in [3.63, 3.8) is 0 Å². The van der Waals surface area contributed by atoms with Gasteiger partial charge in [0.2, 0.25) is 0 Å². The van der Waals surface area contributed by atoms with Crippen LogP contribution < -0.4 is 5.73 Å². The molecule has 0 radical (unpaired) electrons. The van der Waals surface area contributed by atoms with E-state index in [1.807, 2.05) is 48.9 Å². The van der Waals surface area contributed by atoms with Crippen molar-refractivity contribution in [2.75, 3.05) is 7.11 Å². The zero-order valence-electron chi connectivity index (χ0n) is 11.1. The first-order chi connectivity index (χ1) is 8.54. The molecule has 1 aromatic carbocycles. The van der Waals surface area contributed by atoms with Crippen LogP contribution >= 0.6 is 0 Å². The van der Waals surface area contributed by atoms with Crippen LogP contribution in [0, 0.1) is 0 Å². The maximum atomic E-state index is 6.17. The van der Waals surface area contributed by atoms with Crippen molar-refractivity contribution in [3.8, 4) is 5.69 Å². The van der Waals surface area contributed by atoms with Gasteiger partial charge in [-0.1, -0.05) is 18.2 Å². The molecule has 96 valence electrons. The van der Waals surface area contributed by atoms with Crippen molar-refractivity contribution < 1.29 is 4.74 Å². The summed E-state index contributed by atoms with van der Waals surface area (Å²) in [5.74, 6) is 0. The molecule has 0 aliphatic rings. The van der Waals surface area contributed by atoms with Crippen LogP contribution in [-0.4, -0.2) is 16.7 Å². The van der Waals surface area contributed by atoms with Gasteiger partial charge in [-0.15, -0.1) is 0 Å². The molecule has 0 bridgehead atoms. The number of ether oxygens (including phenoxy) is 1. The van der Waals surface area contributed by atoms with Gasteiger partial charge in [-0.2, -0.15) is 0 Å². The zero-order valence-corrected chi connectivity index (χ0v) is 11.1. The summed E-state index contributed by atoms with van der Waals surface area (Å²) in [6.07, 6.45) is 3.60. The number of nitrogens with two attached hydrogens (primary N) is 1. The number of nitrogens with zero attached hydrogens (tertiary/aromatic N) is 2. The first-order valence-corrected chi connectivity index (χ1v) is 5.93. The first-order valence-electron chi connectivity index (χ1n) is 5.93. The SMILES string of the molecule is COCc1ccccc1-n1cncc1C(C)(C)N. The van der Waals surface area contributed by atoms with Gasteiger partial charge >= 0.3 is 0 Å². The van der Waals surface area contributed by atoms with Crippen molar-refractivity contribution >= 4 is 0 Å². The third-order valence-corrected chi connectivity index (χ3v) is 2.85. The highest BCUT2D eigenvalue weighted by atomic mass is 16.5. The fourth-order valence-electron chi connectivity index (χ4n) is 1.99. The van der Waals surface area contributed by atoms with Crippen LogP contribution in [0.5, 0.6) is 0 Å². The van der Waals surface area contributed by atoms with E-state index in [2.05, 4.69) is 4.98 Å². The normalized spacial score (nSPS) is 11.8. The van der Waals surface area contributed by atoms with E-state index in [0.29, 0.717) is 6.61 Å². The van der Waals surface area contributed by atoms with E-state index >= 15 is 0 Å². The number of benzene rings is 1. The number of methoxy groups -OCH3 is 1. The number of hydrogen-bond acceptors (Lipinski definition) is 3. The minimum Gasteiger partial charge on any atom is -0.380 e. The summed E-state index contributed by atoms with van der Waals surface area (Å²) in [5.41, 5.74) is 8.89. The lowest BCUT2D eigenvalue weighted by atomic mass is 10.0. The smallest absolute Gasteiger partial charge is 0.0994 e. The molecule has 0 atom stereocenters. The molecule has 0 unspecified atom stereocenters. The van der Waals surface area contributed by atoms with Crippen LogP contribution in [0.2, 0.25) is 0 Å². The maximum absolute atomic E-state index is 6.17. The molecule has 4 nitrogen and oxygen atoms in total. The standard InChI is InChI=1S/C14H19N3O/c1-14(2,15)13-8-16-10-17(13)12-7-5-4-6-11(12)9-18-3/h4-8,10H,9,15H2,1-3H3. The Morgan fingerprint density at radius 1 is 1.33 bits per heavy atom. The number of imidazole rings is 1. The molecule has 2 rings (SSSR count). The number of rotatable bonds is 4. The number of para-hydroxylation sites is 1. The second-order valence-corrected chi connectivity index (χ2v) is 4.93. The van der Waals surface area contributed by atoms with Gasteiger partial charge < -0.3 is 15.0 Å². The van der Waals surface area contributed by atoms with Gasteiger partial charge in [-0.3, -0.25) is 0 Å². The number of hydrogen-bond donors (Lipinski definition) is 1. The van der Waals surface area contributed by atoms with Crippen LogP contribution in [0.1, 0.15) is 25.1 Å². The Balaban J connectivity index is 2.53. The van der Waals surface area contributed by atoms with Crippen LogP contribution in [0.15, 0.2) is 36.8 Å². The molecule has 0 aliphatic carbocycles. The summed E-state index contributed by atoms with van der Waals surface area (Å²) < 4.78 is 7.25. The van der Waals surface area contributed by atoms with Crippen molar-refractivity contribution in [3.05, 3.63) is 48.0 Å². The topological polar surface area (TPSA) is 53.1 Å². The van der Waals surface area contributed by atoms with E-state index in [9.17, 15) is 0 Å². The highest BCUT2D eigenvalue weighted by Crippen LogP contribution is 2.23. The molecule has 0 amide bonds. The van der Waals surface area contributed by atoms with Crippen LogP contribution in [0.4, 0.5) is 0 Å². The first kappa shape index (κ1) is 12.8. The molecule has 0 spiro atoms.